The smallest absolute Gasteiger partial charge is 0.200 e. The van der Waals surface area contributed by atoms with Gasteiger partial charge >= 0.3 is 0 Å². The van der Waals surface area contributed by atoms with Crippen LogP contribution in [0.1, 0.15) is 5.56 Å². The van der Waals surface area contributed by atoms with Crippen molar-refractivity contribution >= 4 is 5.84 Å². The molecule has 5 N–H and O–H groups in total. The summed E-state index contributed by atoms with van der Waals surface area (Å²) in [6.45, 7) is 0. The van der Waals surface area contributed by atoms with Crippen molar-refractivity contribution in [1.29, 1.82) is 5.41 Å². The Labute approximate surface area is 79.8 Å². The minimum absolute atomic E-state index is 0.0278. The van der Waals surface area contributed by atoms with Crippen LogP contribution < -0.4 is 10.2 Å². The van der Waals surface area contributed by atoms with E-state index in [4.69, 9.17) is 15.4 Å². The highest BCUT2D eigenvalue weighted by molar-refractivity contribution is 5.96. The molecule has 0 saturated heterocycles. The van der Waals surface area contributed by atoms with Gasteiger partial charge in [-0.3, -0.25) is 16.1 Å². The van der Waals surface area contributed by atoms with Gasteiger partial charge < -0.3 is 14.9 Å². The average molecular weight is 198 g/mol. The van der Waals surface area contributed by atoms with E-state index < -0.39 is 11.5 Å². The van der Waals surface area contributed by atoms with Crippen LogP contribution in [0.3, 0.4) is 0 Å². The Morgan fingerprint density at radius 2 is 2.07 bits per heavy atom. The van der Waals surface area contributed by atoms with Gasteiger partial charge in [0.2, 0.25) is 5.75 Å². The van der Waals surface area contributed by atoms with E-state index in [1.807, 2.05) is 0 Å². The zero-order valence-corrected chi connectivity index (χ0v) is 7.40. The number of benzene rings is 1. The minimum atomic E-state index is -0.417. The van der Waals surface area contributed by atoms with E-state index in [2.05, 4.69) is 0 Å². The maximum atomic E-state index is 9.25. The summed E-state index contributed by atoms with van der Waals surface area (Å²) in [5.74, 6) is -1.10. The Bertz CT molecular complexity index is 365. The molecule has 0 radical (unpaired) electrons. The maximum absolute atomic E-state index is 9.25. The molecule has 6 heteroatoms. The zero-order chi connectivity index (χ0) is 10.7. The third-order valence-corrected chi connectivity index (χ3v) is 1.68. The van der Waals surface area contributed by atoms with Gasteiger partial charge in [-0.05, 0) is 12.1 Å². The largest absolute Gasteiger partial charge is 0.504 e. The van der Waals surface area contributed by atoms with E-state index in [0.29, 0.717) is 0 Å². The topological polar surface area (TPSA) is 106 Å². The minimum Gasteiger partial charge on any atom is -0.504 e. The standard InChI is InChI=1S/C8H10N2O4/c1-14-6-3-4(8(9)10-13)2-5(11)7(6)12/h2-3,11-13H,1H3,(H2,9,10). The monoisotopic (exact) mass is 198 g/mol. The van der Waals surface area contributed by atoms with Crippen molar-refractivity contribution in [2.24, 2.45) is 0 Å². The Morgan fingerprint density at radius 3 is 2.57 bits per heavy atom. The summed E-state index contributed by atoms with van der Waals surface area (Å²) in [6.07, 6.45) is 0. The van der Waals surface area contributed by atoms with E-state index >= 15 is 0 Å². The Balaban J connectivity index is 3.22. The highest BCUT2D eigenvalue weighted by atomic mass is 16.5. The number of ether oxygens (including phenoxy) is 1. The number of rotatable bonds is 2. The van der Waals surface area contributed by atoms with Crippen molar-refractivity contribution in [3.8, 4) is 17.2 Å². The molecule has 0 aliphatic heterocycles. The van der Waals surface area contributed by atoms with Gasteiger partial charge in [0.1, 0.15) is 5.84 Å². The first-order chi connectivity index (χ1) is 6.60. The molecule has 1 aromatic carbocycles. The van der Waals surface area contributed by atoms with Crippen molar-refractivity contribution in [1.82, 2.24) is 5.48 Å². The number of aromatic hydroxyl groups is 2. The molecule has 14 heavy (non-hydrogen) atoms. The van der Waals surface area contributed by atoms with Crippen LogP contribution in [0.25, 0.3) is 0 Å². The van der Waals surface area contributed by atoms with Gasteiger partial charge in [0.15, 0.2) is 11.5 Å². The molecule has 6 nitrogen and oxygen atoms in total. The molecule has 1 rings (SSSR count). The van der Waals surface area contributed by atoms with Gasteiger partial charge in [0, 0.05) is 5.56 Å². The molecule has 0 fully saturated rings. The van der Waals surface area contributed by atoms with Crippen LogP contribution in [0.2, 0.25) is 0 Å². The third-order valence-electron chi connectivity index (χ3n) is 1.68. The molecule has 0 bridgehead atoms. The number of hydrogen-bond acceptors (Lipinski definition) is 5. The molecular formula is C8H10N2O4. The van der Waals surface area contributed by atoms with Gasteiger partial charge in [-0.15, -0.1) is 0 Å². The SMILES string of the molecule is COc1cc(C(=N)NO)cc(O)c1O. The van der Waals surface area contributed by atoms with Crippen LogP contribution in [-0.4, -0.2) is 28.4 Å². The maximum Gasteiger partial charge on any atom is 0.200 e. The average Bonchev–Trinajstić information content (AvgIpc) is 2.20. The first kappa shape index (κ1) is 10.1. The fraction of sp³-hybridized carbons (Fsp3) is 0.125. The molecule has 0 amide bonds. The van der Waals surface area contributed by atoms with Gasteiger partial charge in [0.25, 0.3) is 0 Å². The second-order valence-corrected chi connectivity index (χ2v) is 2.53. The van der Waals surface area contributed by atoms with Crippen LogP contribution in [0.5, 0.6) is 17.2 Å². The summed E-state index contributed by atoms with van der Waals surface area (Å²) < 4.78 is 4.75. The van der Waals surface area contributed by atoms with Gasteiger partial charge in [-0.2, -0.15) is 0 Å². The lowest BCUT2D eigenvalue weighted by atomic mass is 10.1. The summed E-state index contributed by atoms with van der Waals surface area (Å²) in [6, 6.07) is 2.43. The molecule has 76 valence electrons. The van der Waals surface area contributed by atoms with Crippen LogP contribution in [0, 0.1) is 5.41 Å². The number of phenols is 2. The molecule has 1 aromatic rings. The molecule has 0 aliphatic carbocycles. The van der Waals surface area contributed by atoms with E-state index in [-0.39, 0.29) is 17.1 Å². The first-order valence-electron chi connectivity index (χ1n) is 3.69. The predicted octanol–water partition coefficient (Wildman–Crippen LogP) is 0.411. The van der Waals surface area contributed by atoms with E-state index in [9.17, 15) is 10.2 Å². The normalized spacial score (nSPS) is 9.57. The quantitative estimate of drug-likeness (QED) is 0.205. The van der Waals surface area contributed by atoms with Crippen molar-refractivity contribution in [2.75, 3.05) is 7.11 Å². The Morgan fingerprint density at radius 1 is 1.43 bits per heavy atom. The van der Waals surface area contributed by atoms with Crippen LogP contribution in [0.15, 0.2) is 12.1 Å². The summed E-state index contributed by atoms with van der Waals surface area (Å²) in [7, 11) is 1.31. The summed E-state index contributed by atoms with van der Waals surface area (Å²) in [5, 5.41) is 34.1. The summed E-state index contributed by atoms with van der Waals surface area (Å²) in [5.41, 5.74) is 1.81. The fourth-order valence-electron chi connectivity index (χ4n) is 0.958. The highest BCUT2D eigenvalue weighted by Crippen LogP contribution is 2.36. The second-order valence-electron chi connectivity index (χ2n) is 2.53. The summed E-state index contributed by atoms with van der Waals surface area (Å²) >= 11 is 0. The number of phenolic OH excluding ortho intramolecular Hbond substituents is 2. The highest BCUT2D eigenvalue weighted by Gasteiger charge is 2.11. The Kier molecular flexibility index (Phi) is 2.78. The molecule has 0 spiro atoms. The Hall–Kier alpha value is -1.95. The van der Waals surface area contributed by atoms with Crippen molar-refractivity contribution < 1.29 is 20.2 Å². The van der Waals surface area contributed by atoms with Crippen molar-refractivity contribution in [2.45, 2.75) is 0 Å². The molecule has 0 atom stereocenters. The molecule has 0 saturated carbocycles. The molecule has 0 aromatic heterocycles. The van der Waals surface area contributed by atoms with Gasteiger partial charge in [0.05, 0.1) is 7.11 Å². The van der Waals surface area contributed by atoms with E-state index in [0.717, 1.165) is 6.07 Å². The number of amidine groups is 1. The van der Waals surface area contributed by atoms with Gasteiger partial charge in [-0.1, -0.05) is 0 Å². The van der Waals surface area contributed by atoms with Crippen LogP contribution in [-0.2, 0) is 0 Å². The zero-order valence-electron chi connectivity index (χ0n) is 7.40. The van der Waals surface area contributed by atoms with Crippen LogP contribution in [0.4, 0.5) is 0 Å². The predicted molar refractivity (Wildman–Crippen MR) is 48.1 cm³/mol. The molecule has 0 unspecified atom stereocenters. The molecular weight excluding hydrogens is 188 g/mol. The van der Waals surface area contributed by atoms with Crippen molar-refractivity contribution in [3.63, 3.8) is 0 Å². The number of nitrogens with one attached hydrogen (secondary N) is 2. The molecule has 0 heterocycles. The second kappa shape index (κ2) is 3.84. The number of methoxy groups -OCH3 is 1. The fourth-order valence-corrected chi connectivity index (χ4v) is 0.958. The van der Waals surface area contributed by atoms with Crippen molar-refractivity contribution in [3.05, 3.63) is 17.7 Å². The lowest BCUT2D eigenvalue weighted by molar-refractivity contribution is 0.234. The number of hydroxylamine groups is 1. The lowest BCUT2D eigenvalue weighted by Gasteiger charge is -2.08. The summed E-state index contributed by atoms with van der Waals surface area (Å²) in [4.78, 5) is 0. The van der Waals surface area contributed by atoms with E-state index in [1.54, 1.807) is 5.48 Å². The molecule has 0 aliphatic rings. The van der Waals surface area contributed by atoms with Gasteiger partial charge in [-0.25, -0.2) is 0 Å². The third kappa shape index (κ3) is 1.69. The lowest BCUT2D eigenvalue weighted by Crippen LogP contribution is -2.18. The first-order valence-corrected chi connectivity index (χ1v) is 3.69. The number of hydrogen-bond donors (Lipinski definition) is 5. The van der Waals surface area contributed by atoms with Crippen LogP contribution >= 0.6 is 0 Å². The van der Waals surface area contributed by atoms with E-state index in [1.165, 1.54) is 13.2 Å².